The Morgan fingerprint density at radius 1 is 1.53 bits per heavy atom. The van der Waals surface area contributed by atoms with Crippen molar-refractivity contribution < 1.29 is 9.72 Å². The molecular weight excluding hydrogens is 312 g/mol. The number of carbonyl (C=O) groups excluding carboxylic acids is 1. The summed E-state index contributed by atoms with van der Waals surface area (Å²) in [5.74, 6) is -0.391. The second-order valence-corrected chi connectivity index (χ2v) is 5.97. The van der Waals surface area contributed by atoms with E-state index in [1.807, 2.05) is 6.92 Å². The molecule has 1 atom stereocenters. The predicted octanol–water partition coefficient (Wildman–Crippen LogP) is 3.20. The van der Waals surface area contributed by atoms with Gasteiger partial charge in [0.15, 0.2) is 0 Å². The minimum Gasteiger partial charge on any atom is -0.352 e. The summed E-state index contributed by atoms with van der Waals surface area (Å²) in [7, 11) is 0. The molecule has 0 aliphatic rings. The third-order valence-corrected chi connectivity index (χ3v) is 3.19. The quantitative estimate of drug-likeness (QED) is 0.377. The Balaban J connectivity index is 2.72. The summed E-state index contributed by atoms with van der Waals surface area (Å²) in [5, 5.41) is 13.7. The maximum Gasteiger partial charge on any atom is 0.285 e. The molecule has 5 nitrogen and oxygen atoms in total. The zero-order valence-corrected chi connectivity index (χ0v) is 12.6. The van der Waals surface area contributed by atoms with E-state index < -0.39 is 10.8 Å². The van der Waals surface area contributed by atoms with Crippen LogP contribution in [0, 0.1) is 17.0 Å². The third-order valence-electron chi connectivity index (χ3n) is 2.73. The number of benzene rings is 1. The van der Waals surface area contributed by atoms with Gasteiger partial charge in [0.05, 0.1) is 4.92 Å². The Bertz CT molecular complexity index is 475. The van der Waals surface area contributed by atoms with Crippen molar-refractivity contribution in [2.24, 2.45) is 0 Å². The number of nitrogens with one attached hydrogen (secondary N) is 1. The smallest absolute Gasteiger partial charge is 0.285 e. The maximum absolute atomic E-state index is 11.9. The maximum atomic E-state index is 11.9. The fourth-order valence-corrected chi connectivity index (χ4v) is 2.09. The Labute approximate surface area is 120 Å². The summed E-state index contributed by atoms with van der Waals surface area (Å²) in [6.45, 7) is 4.18. The van der Waals surface area contributed by atoms with Crippen LogP contribution in [0.4, 0.5) is 5.69 Å². The van der Waals surface area contributed by atoms with Gasteiger partial charge >= 0.3 is 0 Å². The number of halogens is 1. The SMILES string of the molecule is Cc1cccc(C(=O)NCCCC(C)Br)c1[N+](=O)[O-]. The lowest BCUT2D eigenvalue weighted by molar-refractivity contribution is -0.385. The Morgan fingerprint density at radius 3 is 2.79 bits per heavy atom. The highest BCUT2D eigenvalue weighted by molar-refractivity contribution is 9.09. The van der Waals surface area contributed by atoms with Gasteiger partial charge < -0.3 is 5.32 Å². The molecule has 0 radical (unpaired) electrons. The summed E-state index contributed by atoms with van der Waals surface area (Å²) in [5.41, 5.74) is 0.498. The van der Waals surface area contributed by atoms with Crippen molar-refractivity contribution in [3.8, 4) is 0 Å². The summed E-state index contributed by atoms with van der Waals surface area (Å²) in [6, 6.07) is 4.76. The number of hydrogen-bond donors (Lipinski definition) is 1. The van der Waals surface area contributed by atoms with E-state index in [1.165, 1.54) is 6.07 Å². The molecule has 0 bridgehead atoms. The fraction of sp³-hybridized carbons (Fsp3) is 0.462. The van der Waals surface area contributed by atoms with E-state index in [0.29, 0.717) is 16.9 Å². The summed E-state index contributed by atoms with van der Waals surface area (Å²) >= 11 is 3.42. The van der Waals surface area contributed by atoms with Crippen LogP contribution >= 0.6 is 15.9 Å². The third kappa shape index (κ3) is 4.63. The molecule has 1 aromatic carbocycles. The molecule has 1 N–H and O–H groups in total. The molecule has 1 rings (SSSR count). The molecule has 0 spiro atoms. The molecule has 1 unspecified atom stereocenters. The van der Waals surface area contributed by atoms with Crippen molar-refractivity contribution in [1.29, 1.82) is 0 Å². The summed E-state index contributed by atoms with van der Waals surface area (Å²) < 4.78 is 0. The van der Waals surface area contributed by atoms with Gasteiger partial charge in [0, 0.05) is 16.9 Å². The van der Waals surface area contributed by atoms with Crippen molar-refractivity contribution in [2.75, 3.05) is 6.54 Å². The minimum atomic E-state index is -0.509. The molecule has 0 aromatic heterocycles. The minimum absolute atomic E-state index is 0.117. The zero-order valence-electron chi connectivity index (χ0n) is 11.0. The average Bonchev–Trinajstić information content (AvgIpc) is 2.33. The van der Waals surface area contributed by atoms with E-state index in [0.717, 1.165) is 12.8 Å². The first-order valence-corrected chi connectivity index (χ1v) is 7.01. The van der Waals surface area contributed by atoms with Gasteiger partial charge in [0.1, 0.15) is 5.56 Å². The number of carbonyl (C=O) groups is 1. The number of alkyl halides is 1. The molecule has 0 heterocycles. The molecule has 1 amide bonds. The highest BCUT2D eigenvalue weighted by Gasteiger charge is 2.21. The standard InChI is InChI=1S/C13H17BrN2O3/c1-9-5-3-7-11(12(9)16(18)19)13(17)15-8-4-6-10(2)14/h3,5,7,10H,4,6,8H2,1-2H3,(H,15,17). The highest BCUT2D eigenvalue weighted by atomic mass is 79.9. The van der Waals surface area contributed by atoms with Crippen molar-refractivity contribution in [1.82, 2.24) is 5.32 Å². The Hall–Kier alpha value is -1.43. The van der Waals surface area contributed by atoms with Crippen LogP contribution in [0.2, 0.25) is 0 Å². The number of para-hydroxylation sites is 1. The first-order valence-electron chi connectivity index (χ1n) is 6.09. The second kappa shape index (κ2) is 7.23. The molecule has 0 saturated carbocycles. The summed E-state index contributed by atoms with van der Waals surface area (Å²) in [4.78, 5) is 22.8. The molecular formula is C13H17BrN2O3. The van der Waals surface area contributed by atoms with E-state index in [9.17, 15) is 14.9 Å². The van der Waals surface area contributed by atoms with Crippen LogP contribution < -0.4 is 5.32 Å². The molecule has 0 aliphatic carbocycles. The van der Waals surface area contributed by atoms with Crippen LogP contribution in [0.5, 0.6) is 0 Å². The summed E-state index contributed by atoms with van der Waals surface area (Å²) in [6.07, 6.45) is 1.77. The Morgan fingerprint density at radius 2 is 2.21 bits per heavy atom. The van der Waals surface area contributed by atoms with E-state index in [4.69, 9.17) is 0 Å². The van der Waals surface area contributed by atoms with Crippen LogP contribution in [0.3, 0.4) is 0 Å². The molecule has 104 valence electrons. The van der Waals surface area contributed by atoms with E-state index in [2.05, 4.69) is 21.2 Å². The van der Waals surface area contributed by atoms with Gasteiger partial charge in [-0.15, -0.1) is 0 Å². The van der Waals surface area contributed by atoms with Gasteiger partial charge in [-0.3, -0.25) is 14.9 Å². The van der Waals surface area contributed by atoms with Gasteiger partial charge in [-0.25, -0.2) is 0 Å². The number of nitro groups is 1. The number of amides is 1. The number of hydrogen-bond acceptors (Lipinski definition) is 3. The van der Waals surface area contributed by atoms with Crippen molar-refractivity contribution in [2.45, 2.75) is 31.5 Å². The number of aryl methyl sites for hydroxylation is 1. The van der Waals surface area contributed by atoms with Gasteiger partial charge in [-0.05, 0) is 25.8 Å². The lowest BCUT2D eigenvalue weighted by Crippen LogP contribution is -2.25. The van der Waals surface area contributed by atoms with Crippen LogP contribution in [0.15, 0.2) is 18.2 Å². The van der Waals surface area contributed by atoms with Crippen molar-refractivity contribution in [3.63, 3.8) is 0 Å². The van der Waals surface area contributed by atoms with Gasteiger partial charge in [0.25, 0.3) is 11.6 Å². The van der Waals surface area contributed by atoms with Gasteiger partial charge in [-0.2, -0.15) is 0 Å². The molecule has 19 heavy (non-hydrogen) atoms. The molecule has 6 heteroatoms. The van der Waals surface area contributed by atoms with E-state index in [1.54, 1.807) is 19.1 Å². The van der Waals surface area contributed by atoms with Crippen LogP contribution in [-0.2, 0) is 0 Å². The van der Waals surface area contributed by atoms with Gasteiger partial charge in [0.2, 0.25) is 0 Å². The average molecular weight is 329 g/mol. The normalized spacial score (nSPS) is 11.9. The topological polar surface area (TPSA) is 72.2 Å². The Kier molecular flexibility index (Phi) is 5.95. The highest BCUT2D eigenvalue weighted by Crippen LogP contribution is 2.22. The predicted molar refractivity (Wildman–Crippen MR) is 77.8 cm³/mol. The van der Waals surface area contributed by atoms with Gasteiger partial charge in [-0.1, -0.05) is 35.0 Å². The zero-order chi connectivity index (χ0) is 14.4. The first kappa shape index (κ1) is 15.6. The molecule has 1 aromatic rings. The molecule has 0 fully saturated rings. The molecule has 0 saturated heterocycles. The van der Waals surface area contributed by atoms with Crippen LogP contribution in [-0.4, -0.2) is 22.2 Å². The lowest BCUT2D eigenvalue weighted by Gasteiger charge is -2.07. The number of rotatable bonds is 6. The molecule has 0 aliphatic heterocycles. The first-order chi connectivity index (χ1) is 8.93. The van der Waals surface area contributed by atoms with E-state index in [-0.39, 0.29) is 11.3 Å². The number of nitro benzene ring substituents is 1. The van der Waals surface area contributed by atoms with Crippen LogP contribution in [0.25, 0.3) is 0 Å². The number of nitrogens with zero attached hydrogens (tertiary/aromatic N) is 1. The largest absolute Gasteiger partial charge is 0.352 e. The van der Waals surface area contributed by atoms with Crippen molar-refractivity contribution in [3.05, 3.63) is 39.4 Å². The monoisotopic (exact) mass is 328 g/mol. The second-order valence-electron chi connectivity index (χ2n) is 4.41. The van der Waals surface area contributed by atoms with E-state index >= 15 is 0 Å². The lowest BCUT2D eigenvalue weighted by atomic mass is 10.1. The van der Waals surface area contributed by atoms with Crippen LogP contribution in [0.1, 0.15) is 35.7 Å². The van der Waals surface area contributed by atoms with Crippen molar-refractivity contribution >= 4 is 27.5 Å². The fourth-order valence-electron chi connectivity index (χ4n) is 1.77.